The Labute approximate surface area is 364 Å². The zero-order valence-corrected chi connectivity index (χ0v) is 35.1. The van der Waals surface area contributed by atoms with Gasteiger partial charge in [-0.2, -0.15) is 0 Å². The van der Waals surface area contributed by atoms with Gasteiger partial charge in [-0.05, 0) is 140 Å². The maximum absolute atomic E-state index is 2.61. The summed E-state index contributed by atoms with van der Waals surface area (Å²) in [6.45, 7) is 4.65. The van der Waals surface area contributed by atoms with Gasteiger partial charge in [-0.1, -0.05) is 158 Å². The molecule has 0 unspecified atom stereocenters. The first-order valence-corrected chi connectivity index (χ1v) is 21.7. The number of anilines is 2. The summed E-state index contributed by atoms with van der Waals surface area (Å²) in [7, 11) is 2.28. The number of rotatable bonds is 6. The molecule has 10 aromatic rings. The number of aryl methyl sites for hydroxylation is 1. The molecule has 0 bridgehead atoms. The van der Waals surface area contributed by atoms with Crippen LogP contribution >= 0.6 is 0 Å². The van der Waals surface area contributed by atoms with Crippen LogP contribution in [0.15, 0.2) is 206 Å². The predicted octanol–water partition coefficient (Wildman–Crippen LogP) is 13.2. The molecule has 0 radical (unpaired) electrons. The van der Waals surface area contributed by atoms with Crippen LogP contribution in [0.25, 0.3) is 83.4 Å². The van der Waals surface area contributed by atoms with Crippen molar-refractivity contribution in [3.8, 4) is 72.4 Å². The van der Waals surface area contributed by atoms with E-state index in [0.717, 1.165) is 0 Å². The molecule has 9 aromatic carbocycles. The molecule has 0 N–H and O–H groups in total. The molecule has 0 amide bonds. The van der Waals surface area contributed by atoms with Crippen LogP contribution in [0.3, 0.4) is 0 Å². The molecule has 3 heterocycles. The van der Waals surface area contributed by atoms with E-state index in [2.05, 4.69) is 237 Å². The Kier molecular flexibility index (Phi) is 8.33. The van der Waals surface area contributed by atoms with Gasteiger partial charge in [0.05, 0.1) is 5.69 Å². The molecule has 2 nitrogen and oxygen atoms in total. The van der Waals surface area contributed by atoms with E-state index in [1.54, 1.807) is 0 Å². The molecule has 2 aliphatic heterocycles. The van der Waals surface area contributed by atoms with E-state index in [1.807, 2.05) is 0 Å². The Morgan fingerprint density at radius 3 is 1.29 bits per heavy atom. The highest BCUT2D eigenvalue weighted by molar-refractivity contribution is 7.00. The largest absolute Gasteiger partial charge is 0.345 e. The first-order chi connectivity index (χ1) is 30.5. The van der Waals surface area contributed by atoms with Crippen LogP contribution in [0.2, 0.25) is 0 Å². The number of hydrogen-bond acceptors (Lipinski definition) is 1. The molecule has 0 saturated heterocycles. The number of nitrogens with zero attached hydrogens (tertiary/aromatic N) is 2. The van der Waals surface area contributed by atoms with Crippen molar-refractivity contribution in [2.24, 2.45) is 0 Å². The summed E-state index contributed by atoms with van der Waals surface area (Å²) >= 11 is 0. The van der Waals surface area contributed by atoms with Gasteiger partial charge in [0.2, 0.25) is 0 Å². The molecular weight excluding hydrogens is 747 g/mol. The normalized spacial score (nSPS) is 12.4. The lowest BCUT2D eigenvalue weighted by Crippen LogP contribution is -2.60. The van der Waals surface area contributed by atoms with Crippen LogP contribution in [0.5, 0.6) is 0 Å². The summed E-state index contributed by atoms with van der Waals surface area (Å²) in [6, 6.07) is 76.4. The highest BCUT2D eigenvalue weighted by Gasteiger charge is 2.43. The van der Waals surface area contributed by atoms with Crippen molar-refractivity contribution in [2.75, 3.05) is 11.9 Å². The Morgan fingerprint density at radius 1 is 0.371 bits per heavy atom. The minimum absolute atomic E-state index is 0.0350. The quantitative estimate of drug-likeness (QED) is 0.152. The summed E-state index contributed by atoms with van der Waals surface area (Å²) in [5, 5.41) is 1.32. The van der Waals surface area contributed by atoms with Crippen LogP contribution in [-0.2, 0) is 0 Å². The van der Waals surface area contributed by atoms with Gasteiger partial charge in [0.25, 0.3) is 6.71 Å². The minimum Gasteiger partial charge on any atom is -0.345 e. The molecule has 12 rings (SSSR count). The van der Waals surface area contributed by atoms with Crippen molar-refractivity contribution in [1.82, 2.24) is 4.57 Å². The van der Waals surface area contributed by atoms with Crippen LogP contribution in [0.1, 0.15) is 11.3 Å². The molecule has 0 fully saturated rings. The van der Waals surface area contributed by atoms with Crippen molar-refractivity contribution in [3.05, 3.63) is 218 Å². The third-order valence-electron chi connectivity index (χ3n) is 13.6. The van der Waals surface area contributed by atoms with Crippen LogP contribution in [0, 0.1) is 13.8 Å². The van der Waals surface area contributed by atoms with Gasteiger partial charge in [0.15, 0.2) is 0 Å². The zero-order valence-electron chi connectivity index (χ0n) is 35.1. The molecule has 62 heavy (non-hydrogen) atoms. The molecule has 2 aliphatic rings. The van der Waals surface area contributed by atoms with E-state index in [1.165, 1.54) is 122 Å². The fourth-order valence-corrected chi connectivity index (χ4v) is 10.5. The Hall–Kier alpha value is -7.62. The second-order valence-corrected chi connectivity index (χ2v) is 17.0. The number of benzene rings is 9. The van der Waals surface area contributed by atoms with E-state index < -0.39 is 0 Å². The summed E-state index contributed by atoms with van der Waals surface area (Å²) in [5.41, 5.74) is 26.2. The fourth-order valence-electron chi connectivity index (χ4n) is 10.5. The van der Waals surface area contributed by atoms with E-state index in [4.69, 9.17) is 0 Å². The number of fused-ring (bicyclic) bond motifs is 4. The maximum Gasteiger partial charge on any atom is 0.252 e. The van der Waals surface area contributed by atoms with E-state index >= 15 is 0 Å². The smallest absolute Gasteiger partial charge is 0.252 e. The average molecular weight is 791 g/mol. The van der Waals surface area contributed by atoms with Gasteiger partial charge in [-0.15, -0.1) is 0 Å². The van der Waals surface area contributed by atoms with Gasteiger partial charge < -0.3 is 9.47 Å². The molecule has 0 saturated carbocycles. The van der Waals surface area contributed by atoms with Crippen LogP contribution < -0.4 is 21.3 Å². The average Bonchev–Trinajstić information content (AvgIpc) is 3.60. The molecular formula is C59H43BN2. The van der Waals surface area contributed by atoms with Crippen molar-refractivity contribution < 1.29 is 0 Å². The van der Waals surface area contributed by atoms with Gasteiger partial charge >= 0.3 is 0 Å². The lowest BCUT2D eigenvalue weighted by Gasteiger charge is -2.41. The maximum atomic E-state index is 2.61. The Bertz CT molecular complexity index is 3250. The number of para-hydroxylation sites is 2. The second kappa shape index (κ2) is 14.3. The molecule has 0 spiro atoms. The minimum atomic E-state index is 0.0350. The SMILES string of the molecule is Cc1c(C)n2c3c(cccc13)B1c3ccccc3N(C)c3c(-c4cc(-c5ccccc5)cc(-c5ccccc5)c4)cc(-c4cc(-c5ccccc5)cc(-c5ccccc5)c4)c-2c31. The van der Waals surface area contributed by atoms with Crippen molar-refractivity contribution in [2.45, 2.75) is 13.8 Å². The lowest BCUT2D eigenvalue weighted by atomic mass is 9.33. The third-order valence-corrected chi connectivity index (χ3v) is 13.6. The van der Waals surface area contributed by atoms with E-state index in [0.29, 0.717) is 0 Å². The highest BCUT2D eigenvalue weighted by atomic mass is 15.1. The summed E-state index contributed by atoms with van der Waals surface area (Å²) in [5.74, 6) is 0. The van der Waals surface area contributed by atoms with Crippen molar-refractivity contribution in [1.29, 1.82) is 0 Å². The molecule has 3 heteroatoms. The summed E-state index contributed by atoms with van der Waals surface area (Å²) in [4.78, 5) is 2.48. The predicted molar refractivity (Wildman–Crippen MR) is 265 cm³/mol. The Morgan fingerprint density at radius 2 is 0.790 bits per heavy atom. The first kappa shape index (κ1) is 36.3. The summed E-state index contributed by atoms with van der Waals surface area (Å²) in [6.07, 6.45) is 0. The lowest BCUT2D eigenvalue weighted by molar-refractivity contribution is 1.04. The zero-order chi connectivity index (χ0) is 41.5. The van der Waals surface area contributed by atoms with E-state index in [-0.39, 0.29) is 6.71 Å². The first-order valence-electron chi connectivity index (χ1n) is 21.7. The van der Waals surface area contributed by atoms with Gasteiger partial charge in [-0.3, -0.25) is 0 Å². The third kappa shape index (κ3) is 5.58. The van der Waals surface area contributed by atoms with Crippen molar-refractivity contribution >= 4 is 45.4 Å². The van der Waals surface area contributed by atoms with Gasteiger partial charge in [-0.25, -0.2) is 0 Å². The molecule has 0 aliphatic carbocycles. The number of hydrogen-bond donors (Lipinski definition) is 0. The van der Waals surface area contributed by atoms with Crippen LogP contribution in [0.4, 0.5) is 11.4 Å². The topological polar surface area (TPSA) is 8.17 Å². The van der Waals surface area contributed by atoms with Crippen LogP contribution in [-0.4, -0.2) is 18.3 Å². The highest BCUT2D eigenvalue weighted by Crippen LogP contribution is 2.47. The summed E-state index contributed by atoms with van der Waals surface area (Å²) < 4.78 is 2.61. The number of aromatic nitrogens is 1. The van der Waals surface area contributed by atoms with Gasteiger partial charge in [0.1, 0.15) is 0 Å². The van der Waals surface area contributed by atoms with E-state index in [9.17, 15) is 0 Å². The standard InChI is InChI=1S/C59H43BN2/c1-38-39(2)62-57-50(38)27-18-29-54(57)60-53-28-16-17-30-55(53)61(3)58-51(48-33-44(40-19-8-4-9-20-40)31-45(34-48)41-21-10-5-11-22-41)37-52(59(62)56(58)60)49-35-46(42-23-12-6-13-24-42)32-47(36-49)43-25-14-7-15-26-43/h4-37H,1-3H3. The van der Waals surface area contributed by atoms with Crippen molar-refractivity contribution in [3.63, 3.8) is 0 Å². The molecule has 0 atom stereocenters. The van der Waals surface area contributed by atoms with Gasteiger partial charge in [0, 0.05) is 46.1 Å². The Balaban J connectivity index is 1.26. The monoisotopic (exact) mass is 790 g/mol. The molecule has 1 aromatic heterocycles. The second-order valence-electron chi connectivity index (χ2n) is 17.0. The fraction of sp³-hybridized carbons (Fsp3) is 0.0508. The molecule has 292 valence electrons.